The highest BCUT2D eigenvalue weighted by atomic mass is 16.6. The van der Waals surface area contributed by atoms with Gasteiger partial charge < -0.3 is 15.0 Å². The van der Waals surface area contributed by atoms with Crippen LogP contribution in [0.3, 0.4) is 0 Å². The number of rotatable bonds is 6. The molecular formula is C12H26N2O2. The second kappa shape index (κ2) is 6.86. The van der Waals surface area contributed by atoms with E-state index < -0.39 is 0 Å². The normalized spacial score (nSPS) is 13.9. The van der Waals surface area contributed by atoms with E-state index in [1.807, 2.05) is 34.9 Å². The van der Waals surface area contributed by atoms with Gasteiger partial charge in [0.1, 0.15) is 5.60 Å². The Kier molecular flexibility index (Phi) is 6.60. The van der Waals surface area contributed by atoms with Crippen LogP contribution in [0.1, 0.15) is 34.1 Å². The van der Waals surface area contributed by atoms with Gasteiger partial charge in [-0.3, -0.25) is 4.79 Å². The van der Waals surface area contributed by atoms with Crippen molar-refractivity contribution in [1.82, 2.24) is 10.2 Å². The third kappa shape index (κ3) is 9.93. The van der Waals surface area contributed by atoms with Crippen molar-refractivity contribution in [3.05, 3.63) is 0 Å². The van der Waals surface area contributed by atoms with E-state index >= 15 is 0 Å². The molecule has 0 aliphatic carbocycles. The van der Waals surface area contributed by atoms with Crippen molar-refractivity contribution in [1.29, 1.82) is 0 Å². The number of esters is 1. The number of ether oxygens (including phenoxy) is 1. The van der Waals surface area contributed by atoms with Crippen LogP contribution in [0, 0.1) is 0 Å². The van der Waals surface area contributed by atoms with Crippen LogP contribution in [0.5, 0.6) is 0 Å². The molecule has 0 amide bonds. The van der Waals surface area contributed by atoms with Crippen molar-refractivity contribution in [2.45, 2.75) is 45.8 Å². The number of carbonyl (C=O) groups is 1. The van der Waals surface area contributed by atoms with Crippen molar-refractivity contribution in [3.8, 4) is 0 Å². The van der Waals surface area contributed by atoms with E-state index in [1.165, 1.54) is 0 Å². The lowest BCUT2D eigenvalue weighted by atomic mass is 10.2. The maximum absolute atomic E-state index is 11.4. The van der Waals surface area contributed by atoms with Gasteiger partial charge in [-0.15, -0.1) is 0 Å². The molecule has 0 aromatic carbocycles. The second-order valence-electron chi connectivity index (χ2n) is 5.45. The molecule has 16 heavy (non-hydrogen) atoms. The van der Waals surface area contributed by atoms with Gasteiger partial charge >= 0.3 is 5.97 Å². The fraction of sp³-hybridized carbons (Fsp3) is 0.917. The van der Waals surface area contributed by atoms with Crippen LogP contribution >= 0.6 is 0 Å². The summed E-state index contributed by atoms with van der Waals surface area (Å²) in [5.41, 5.74) is -0.383. The molecule has 0 radical (unpaired) electrons. The van der Waals surface area contributed by atoms with Crippen LogP contribution in [0.4, 0.5) is 0 Å². The first-order valence-corrected chi connectivity index (χ1v) is 5.80. The Morgan fingerprint density at radius 3 is 2.38 bits per heavy atom. The maximum Gasteiger partial charge on any atom is 0.307 e. The molecule has 0 saturated carbocycles. The highest BCUT2D eigenvalue weighted by Gasteiger charge is 2.15. The van der Waals surface area contributed by atoms with E-state index in [0.717, 1.165) is 6.54 Å². The average Bonchev–Trinajstić information content (AvgIpc) is 1.98. The molecule has 4 nitrogen and oxygen atoms in total. The molecule has 0 aromatic rings. The highest BCUT2D eigenvalue weighted by molar-refractivity contribution is 5.70. The van der Waals surface area contributed by atoms with E-state index in [1.54, 1.807) is 0 Å². The fourth-order valence-electron chi connectivity index (χ4n) is 1.43. The molecule has 0 saturated heterocycles. The average molecular weight is 230 g/mol. The lowest BCUT2D eigenvalue weighted by Crippen LogP contribution is -2.37. The quantitative estimate of drug-likeness (QED) is 0.698. The van der Waals surface area contributed by atoms with Crippen LogP contribution in [0.25, 0.3) is 0 Å². The van der Waals surface area contributed by atoms with Crippen molar-refractivity contribution in [2.24, 2.45) is 0 Å². The Labute approximate surface area is 99.3 Å². The SMILES string of the molecule is CC(CN(C)C)NCCC(=O)OC(C)(C)C. The highest BCUT2D eigenvalue weighted by Crippen LogP contribution is 2.07. The van der Waals surface area contributed by atoms with Gasteiger partial charge in [-0.1, -0.05) is 0 Å². The molecule has 0 aromatic heterocycles. The molecular weight excluding hydrogens is 204 g/mol. The number of carbonyl (C=O) groups excluding carboxylic acids is 1. The first-order valence-electron chi connectivity index (χ1n) is 5.80. The summed E-state index contributed by atoms with van der Waals surface area (Å²) in [7, 11) is 4.07. The molecule has 0 aliphatic heterocycles. The van der Waals surface area contributed by atoms with E-state index in [-0.39, 0.29) is 11.6 Å². The predicted molar refractivity (Wildman–Crippen MR) is 66.5 cm³/mol. The molecule has 0 spiro atoms. The zero-order valence-corrected chi connectivity index (χ0v) is 11.5. The number of nitrogens with one attached hydrogen (secondary N) is 1. The molecule has 1 N–H and O–H groups in total. The van der Waals surface area contributed by atoms with Gasteiger partial charge in [0.2, 0.25) is 0 Å². The Balaban J connectivity index is 3.62. The van der Waals surface area contributed by atoms with Gasteiger partial charge in [0.25, 0.3) is 0 Å². The lowest BCUT2D eigenvalue weighted by Gasteiger charge is -2.21. The Bertz CT molecular complexity index is 210. The standard InChI is InChI=1S/C12H26N2O2/c1-10(9-14(5)6)13-8-7-11(15)16-12(2,3)4/h10,13H,7-9H2,1-6H3. The third-order valence-electron chi connectivity index (χ3n) is 1.88. The number of likely N-dealkylation sites (N-methyl/N-ethyl adjacent to an activating group) is 1. The molecule has 4 heteroatoms. The van der Waals surface area contributed by atoms with Crippen LogP contribution in [0.2, 0.25) is 0 Å². The Hall–Kier alpha value is -0.610. The molecule has 96 valence electrons. The molecule has 0 fully saturated rings. The van der Waals surface area contributed by atoms with E-state index in [4.69, 9.17) is 4.74 Å². The summed E-state index contributed by atoms with van der Waals surface area (Å²) in [6, 6.07) is 0.387. The predicted octanol–water partition coefficient (Wildman–Crippen LogP) is 1.26. The molecule has 0 heterocycles. The summed E-state index contributed by atoms with van der Waals surface area (Å²) in [5, 5.41) is 3.29. The van der Waals surface area contributed by atoms with Gasteiger partial charge in [-0.05, 0) is 41.8 Å². The lowest BCUT2D eigenvalue weighted by molar-refractivity contribution is -0.154. The summed E-state index contributed by atoms with van der Waals surface area (Å²) in [5.74, 6) is -0.142. The second-order valence-corrected chi connectivity index (χ2v) is 5.45. The van der Waals surface area contributed by atoms with Crippen LogP contribution < -0.4 is 5.32 Å². The first kappa shape index (κ1) is 15.4. The molecule has 1 unspecified atom stereocenters. The van der Waals surface area contributed by atoms with Gasteiger partial charge in [-0.25, -0.2) is 0 Å². The van der Waals surface area contributed by atoms with Crippen LogP contribution in [-0.2, 0) is 9.53 Å². The van der Waals surface area contributed by atoms with Crippen molar-refractivity contribution >= 4 is 5.97 Å². The van der Waals surface area contributed by atoms with Gasteiger partial charge in [0.15, 0.2) is 0 Å². The fourth-order valence-corrected chi connectivity index (χ4v) is 1.43. The van der Waals surface area contributed by atoms with E-state index in [0.29, 0.717) is 19.0 Å². The topological polar surface area (TPSA) is 41.6 Å². The molecule has 0 rings (SSSR count). The number of hydrogen-bond donors (Lipinski definition) is 1. The monoisotopic (exact) mass is 230 g/mol. The molecule has 0 aliphatic rings. The largest absolute Gasteiger partial charge is 0.460 e. The van der Waals surface area contributed by atoms with Crippen LogP contribution in [-0.4, -0.2) is 49.7 Å². The molecule has 0 bridgehead atoms. The third-order valence-corrected chi connectivity index (χ3v) is 1.88. The van der Waals surface area contributed by atoms with Gasteiger partial charge in [0.05, 0.1) is 6.42 Å². The minimum Gasteiger partial charge on any atom is -0.460 e. The van der Waals surface area contributed by atoms with Gasteiger partial charge in [-0.2, -0.15) is 0 Å². The maximum atomic E-state index is 11.4. The van der Waals surface area contributed by atoms with E-state index in [2.05, 4.69) is 17.1 Å². The van der Waals surface area contributed by atoms with Gasteiger partial charge in [0, 0.05) is 19.1 Å². The summed E-state index contributed by atoms with van der Waals surface area (Å²) in [6.07, 6.45) is 0.426. The Morgan fingerprint density at radius 1 is 1.38 bits per heavy atom. The zero-order valence-electron chi connectivity index (χ0n) is 11.5. The van der Waals surface area contributed by atoms with Crippen LogP contribution in [0.15, 0.2) is 0 Å². The summed E-state index contributed by atoms with van der Waals surface area (Å²) < 4.78 is 5.21. The summed E-state index contributed by atoms with van der Waals surface area (Å²) in [6.45, 7) is 9.39. The van der Waals surface area contributed by atoms with E-state index in [9.17, 15) is 4.79 Å². The number of nitrogens with zero attached hydrogens (tertiary/aromatic N) is 1. The van der Waals surface area contributed by atoms with Crippen molar-refractivity contribution in [2.75, 3.05) is 27.2 Å². The Morgan fingerprint density at radius 2 is 1.94 bits per heavy atom. The number of hydrogen-bond acceptors (Lipinski definition) is 4. The van der Waals surface area contributed by atoms with Crippen molar-refractivity contribution in [3.63, 3.8) is 0 Å². The minimum absolute atomic E-state index is 0.142. The summed E-state index contributed by atoms with van der Waals surface area (Å²) in [4.78, 5) is 13.5. The molecule has 1 atom stereocenters. The minimum atomic E-state index is -0.383. The smallest absolute Gasteiger partial charge is 0.307 e. The zero-order chi connectivity index (χ0) is 12.8. The first-order chi connectivity index (χ1) is 7.20. The van der Waals surface area contributed by atoms with Crippen molar-refractivity contribution < 1.29 is 9.53 Å². The summed E-state index contributed by atoms with van der Waals surface area (Å²) >= 11 is 0.